The molecule has 2 aromatic rings. The van der Waals surface area contributed by atoms with Gasteiger partial charge in [0.1, 0.15) is 0 Å². The molecule has 1 aromatic heterocycles. The summed E-state index contributed by atoms with van der Waals surface area (Å²) < 4.78 is 16.6. The highest BCUT2D eigenvalue weighted by Crippen LogP contribution is 2.38. The molecule has 7 nitrogen and oxygen atoms in total. The fourth-order valence-corrected chi connectivity index (χ4v) is 3.69. The molecule has 0 saturated heterocycles. The molecule has 0 radical (unpaired) electrons. The summed E-state index contributed by atoms with van der Waals surface area (Å²) in [5.41, 5.74) is 2.09. The number of rotatable bonds is 10. The Labute approximate surface area is 177 Å². The lowest BCUT2D eigenvalue weighted by molar-refractivity contribution is 0.288. The second-order valence-corrected chi connectivity index (χ2v) is 7.67. The van der Waals surface area contributed by atoms with E-state index in [1.807, 2.05) is 32.9 Å². The Morgan fingerprint density at radius 1 is 1.10 bits per heavy atom. The average Bonchev–Trinajstić information content (AvgIpc) is 3.04. The van der Waals surface area contributed by atoms with Gasteiger partial charge in [0.15, 0.2) is 17.5 Å². The molecule has 2 N–H and O–H groups in total. The minimum Gasteiger partial charge on any atom is -0.493 e. The number of nitrogens with zero attached hydrogens (tertiary/aromatic N) is 2. The number of aromatic nitrogens is 1. The highest BCUT2D eigenvalue weighted by Gasteiger charge is 2.14. The zero-order valence-electron chi connectivity index (χ0n) is 18.2. The van der Waals surface area contributed by atoms with Crippen molar-refractivity contribution in [3.05, 3.63) is 33.3 Å². The largest absolute Gasteiger partial charge is 0.493 e. The molecular formula is C21H32N4O3S. The van der Waals surface area contributed by atoms with E-state index in [1.165, 1.54) is 4.88 Å². The number of hydrogen-bond donors (Lipinski definition) is 2. The fourth-order valence-electron chi connectivity index (χ4n) is 2.76. The predicted octanol–water partition coefficient (Wildman–Crippen LogP) is 3.47. The lowest BCUT2D eigenvalue weighted by Gasteiger charge is -2.15. The van der Waals surface area contributed by atoms with Gasteiger partial charge in [-0.05, 0) is 45.4 Å². The molecule has 0 bridgehead atoms. The minimum atomic E-state index is 0.490. The van der Waals surface area contributed by atoms with Crippen LogP contribution in [0.5, 0.6) is 17.2 Å². The fraction of sp³-hybridized carbons (Fsp3) is 0.524. The third-order valence-electron chi connectivity index (χ3n) is 4.28. The Morgan fingerprint density at radius 3 is 2.31 bits per heavy atom. The first-order valence-electron chi connectivity index (χ1n) is 9.85. The molecule has 2 rings (SSSR count). The Balaban J connectivity index is 2.06. The van der Waals surface area contributed by atoms with Crippen LogP contribution in [0.15, 0.2) is 17.1 Å². The molecule has 0 saturated carbocycles. The number of guanidine groups is 1. The Bertz CT molecular complexity index is 776. The maximum Gasteiger partial charge on any atom is 0.203 e. The van der Waals surface area contributed by atoms with Gasteiger partial charge in [-0.25, -0.2) is 9.98 Å². The van der Waals surface area contributed by atoms with Crippen molar-refractivity contribution in [3.8, 4) is 17.2 Å². The Kier molecular flexibility index (Phi) is 9.05. The smallest absolute Gasteiger partial charge is 0.203 e. The van der Waals surface area contributed by atoms with Gasteiger partial charge in [0.2, 0.25) is 5.75 Å². The van der Waals surface area contributed by atoms with Crippen LogP contribution in [0.3, 0.4) is 0 Å². The highest BCUT2D eigenvalue weighted by atomic mass is 32.1. The van der Waals surface area contributed by atoms with E-state index in [1.54, 1.807) is 25.6 Å². The number of hydrogen-bond acceptors (Lipinski definition) is 6. The molecule has 160 valence electrons. The van der Waals surface area contributed by atoms with Crippen molar-refractivity contribution in [2.24, 2.45) is 4.99 Å². The van der Waals surface area contributed by atoms with E-state index in [2.05, 4.69) is 27.5 Å². The van der Waals surface area contributed by atoms with Gasteiger partial charge in [-0.3, -0.25) is 0 Å². The normalized spacial score (nSPS) is 11.3. The molecule has 0 fully saturated rings. The van der Waals surface area contributed by atoms with Crippen molar-refractivity contribution in [3.63, 3.8) is 0 Å². The van der Waals surface area contributed by atoms with Crippen molar-refractivity contribution in [1.29, 1.82) is 0 Å². The molecule has 0 unspecified atom stereocenters. The van der Waals surface area contributed by atoms with E-state index in [0.29, 0.717) is 30.4 Å². The van der Waals surface area contributed by atoms with Gasteiger partial charge in [-0.2, -0.15) is 0 Å². The summed E-state index contributed by atoms with van der Waals surface area (Å²) in [7, 11) is 3.25. The molecule has 1 heterocycles. The van der Waals surface area contributed by atoms with Crippen molar-refractivity contribution in [2.75, 3.05) is 33.9 Å². The molecule has 0 atom stereocenters. The molecule has 0 spiro atoms. The van der Waals surface area contributed by atoms with Gasteiger partial charge in [0, 0.05) is 24.4 Å². The first kappa shape index (κ1) is 22.8. The summed E-state index contributed by atoms with van der Waals surface area (Å²) in [4.78, 5) is 10.6. The summed E-state index contributed by atoms with van der Waals surface area (Å²) in [6.45, 7) is 10.7. The number of nitrogens with one attached hydrogen (secondary N) is 2. The second kappa shape index (κ2) is 11.5. The number of benzene rings is 1. The summed E-state index contributed by atoms with van der Waals surface area (Å²) in [6, 6.07) is 3.86. The molecular weight excluding hydrogens is 388 g/mol. The quantitative estimate of drug-likeness (QED) is 0.453. The van der Waals surface area contributed by atoms with E-state index in [4.69, 9.17) is 14.2 Å². The maximum atomic E-state index is 5.66. The molecule has 29 heavy (non-hydrogen) atoms. The van der Waals surface area contributed by atoms with Crippen LogP contribution in [0.25, 0.3) is 0 Å². The van der Waals surface area contributed by atoms with Crippen molar-refractivity contribution in [1.82, 2.24) is 15.6 Å². The lowest BCUT2D eigenvalue weighted by Crippen LogP contribution is -2.38. The summed E-state index contributed by atoms with van der Waals surface area (Å²) >= 11 is 1.75. The van der Waals surface area contributed by atoms with E-state index < -0.39 is 0 Å². The van der Waals surface area contributed by atoms with Gasteiger partial charge in [-0.1, -0.05) is 0 Å². The monoisotopic (exact) mass is 420 g/mol. The van der Waals surface area contributed by atoms with Crippen LogP contribution in [0.2, 0.25) is 0 Å². The van der Waals surface area contributed by atoms with Crippen LogP contribution >= 0.6 is 11.3 Å². The van der Waals surface area contributed by atoms with E-state index in [0.717, 1.165) is 41.7 Å². The molecule has 8 heteroatoms. The van der Waals surface area contributed by atoms with Crippen LogP contribution in [0.4, 0.5) is 0 Å². The van der Waals surface area contributed by atoms with Gasteiger partial charge >= 0.3 is 0 Å². The average molecular weight is 421 g/mol. The van der Waals surface area contributed by atoms with Gasteiger partial charge < -0.3 is 24.8 Å². The number of thiazole rings is 1. The number of aliphatic imine (C=N–C) groups is 1. The topological polar surface area (TPSA) is 77.0 Å². The van der Waals surface area contributed by atoms with Crippen molar-refractivity contribution < 1.29 is 14.2 Å². The van der Waals surface area contributed by atoms with Gasteiger partial charge in [-0.15, -0.1) is 11.3 Å². The molecule has 0 aliphatic heterocycles. The van der Waals surface area contributed by atoms with Crippen LogP contribution in [0, 0.1) is 13.8 Å². The predicted molar refractivity (Wildman–Crippen MR) is 119 cm³/mol. The molecule has 1 aromatic carbocycles. The number of ether oxygens (including phenoxy) is 3. The first-order chi connectivity index (χ1) is 14.0. The van der Waals surface area contributed by atoms with Crippen molar-refractivity contribution >= 4 is 17.3 Å². The molecule has 0 amide bonds. The second-order valence-electron chi connectivity index (χ2n) is 6.38. The summed E-state index contributed by atoms with van der Waals surface area (Å²) in [5.74, 6) is 2.67. The minimum absolute atomic E-state index is 0.490. The summed E-state index contributed by atoms with van der Waals surface area (Å²) in [5, 5.41) is 7.80. The molecule has 0 aliphatic rings. The van der Waals surface area contributed by atoms with E-state index in [9.17, 15) is 0 Å². The Hall–Kier alpha value is -2.48. The van der Waals surface area contributed by atoms with Crippen LogP contribution in [0.1, 0.15) is 35.0 Å². The third-order valence-corrected chi connectivity index (χ3v) is 5.41. The number of methoxy groups -OCH3 is 2. The third kappa shape index (κ3) is 6.52. The van der Waals surface area contributed by atoms with Crippen LogP contribution in [-0.2, 0) is 13.0 Å². The van der Waals surface area contributed by atoms with Gasteiger partial charge in [0.25, 0.3) is 0 Å². The van der Waals surface area contributed by atoms with Crippen LogP contribution < -0.4 is 24.8 Å². The zero-order chi connectivity index (χ0) is 21.2. The SMILES string of the molecule is CCNC(=NCc1cc(OC)c(OCC)c(OC)c1)NCCc1nc(C)c(C)s1. The Morgan fingerprint density at radius 2 is 1.79 bits per heavy atom. The van der Waals surface area contributed by atoms with Gasteiger partial charge in [0.05, 0.1) is 38.1 Å². The summed E-state index contributed by atoms with van der Waals surface area (Å²) in [6.07, 6.45) is 0.870. The van der Waals surface area contributed by atoms with Crippen molar-refractivity contribution in [2.45, 2.75) is 40.7 Å². The van der Waals surface area contributed by atoms with Crippen LogP contribution in [-0.4, -0.2) is 44.9 Å². The number of aryl methyl sites for hydroxylation is 2. The lowest BCUT2D eigenvalue weighted by atomic mass is 10.2. The highest BCUT2D eigenvalue weighted by molar-refractivity contribution is 7.11. The molecule has 0 aliphatic carbocycles. The zero-order valence-corrected chi connectivity index (χ0v) is 19.0. The maximum absolute atomic E-state index is 5.66. The first-order valence-corrected chi connectivity index (χ1v) is 10.7. The van der Waals surface area contributed by atoms with E-state index >= 15 is 0 Å². The standard InChI is InChI=1S/C21H32N4O3S/c1-7-22-21(23-10-9-19-25-14(3)15(4)29-19)24-13-16-11-17(26-5)20(28-8-2)18(12-16)27-6/h11-12H,7-10,13H2,1-6H3,(H2,22,23,24). The van der Waals surface area contributed by atoms with E-state index in [-0.39, 0.29) is 0 Å².